The van der Waals surface area contributed by atoms with Crippen molar-refractivity contribution >= 4 is 40.0 Å². The third-order valence-corrected chi connectivity index (χ3v) is 5.79. The minimum Gasteiger partial charge on any atom is -0.496 e. The molecular weight excluding hydrogens is 497 g/mol. The van der Waals surface area contributed by atoms with Gasteiger partial charge in [0, 0.05) is 41.6 Å². The highest BCUT2D eigenvalue weighted by molar-refractivity contribution is 6.32. The average molecular weight is 520 g/mol. The summed E-state index contributed by atoms with van der Waals surface area (Å²) in [6.45, 7) is 0.658. The number of imidazole rings is 1. The van der Waals surface area contributed by atoms with Gasteiger partial charge >= 0.3 is 0 Å². The minimum atomic E-state index is -0.311. The lowest BCUT2D eigenvalue weighted by Crippen LogP contribution is -2.22. The number of anilines is 3. The van der Waals surface area contributed by atoms with Gasteiger partial charge in [0.05, 0.1) is 17.6 Å². The Bertz CT molecular complexity index is 1510. The van der Waals surface area contributed by atoms with Crippen LogP contribution in [0.4, 0.5) is 21.8 Å². The van der Waals surface area contributed by atoms with Crippen LogP contribution in [0.1, 0.15) is 11.1 Å². The van der Waals surface area contributed by atoms with Gasteiger partial charge in [0.2, 0.25) is 5.95 Å². The summed E-state index contributed by atoms with van der Waals surface area (Å²) in [6, 6.07) is 15.4. The SMILES string of the molecule is COc1cc2ncnc(Nc3ccc(OCc4cccc(F)c4)c(Cl)c3)c2cc1CNNc1ncc[nH]1. The number of aromatic amines is 1. The number of hydrazine groups is 1. The molecule has 37 heavy (non-hydrogen) atoms. The summed E-state index contributed by atoms with van der Waals surface area (Å²) in [7, 11) is 1.62. The Hall–Kier alpha value is -4.41. The van der Waals surface area contributed by atoms with Crippen LogP contribution in [0.2, 0.25) is 5.02 Å². The fraction of sp³-hybridized carbons (Fsp3) is 0.115. The Labute approximate surface area is 217 Å². The number of methoxy groups -OCH3 is 1. The summed E-state index contributed by atoms with van der Waals surface area (Å²) in [6.07, 6.45) is 4.87. The number of fused-ring (bicyclic) bond motifs is 1. The van der Waals surface area contributed by atoms with E-state index in [4.69, 9.17) is 21.1 Å². The van der Waals surface area contributed by atoms with Crippen LogP contribution in [-0.2, 0) is 13.2 Å². The van der Waals surface area contributed by atoms with E-state index in [1.54, 1.807) is 43.8 Å². The molecule has 0 radical (unpaired) electrons. The van der Waals surface area contributed by atoms with Crippen LogP contribution < -0.4 is 25.6 Å². The van der Waals surface area contributed by atoms with Gasteiger partial charge in [-0.3, -0.25) is 5.43 Å². The number of rotatable bonds is 10. The first-order valence-corrected chi connectivity index (χ1v) is 11.7. The molecule has 4 N–H and O–H groups in total. The van der Waals surface area contributed by atoms with E-state index in [0.29, 0.717) is 40.4 Å². The van der Waals surface area contributed by atoms with Crippen LogP contribution >= 0.6 is 11.6 Å². The van der Waals surface area contributed by atoms with Crippen LogP contribution in [0.5, 0.6) is 11.5 Å². The van der Waals surface area contributed by atoms with Crippen molar-refractivity contribution in [2.75, 3.05) is 17.9 Å². The molecule has 0 unspecified atom stereocenters. The third-order valence-electron chi connectivity index (χ3n) is 5.50. The number of halogens is 2. The van der Waals surface area contributed by atoms with Gasteiger partial charge in [-0.1, -0.05) is 23.7 Å². The summed E-state index contributed by atoms with van der Waals surface area (Å²) < 4.78 is 24.8. The Morgan fingerprint density at radius 1 is 1.03 bits per heavy atom. The maximum atomic E-state index is 13.4. The highest BCUT2D eigenvalue weighted by Crippen LogP contribution is 2.33. The van der Waals surface area contributed by atoms with E-state index in [1.165, 1.54) is 18.5 Å². The topological polar surface area (TPSA) is 109 Å². The smallest absolute Gasteiger partial charge is 0.214 e. The normalized spacial score (nSPS) is 10.9. The molecule has 0 aliphatic carbocycles. The summed E-state index contributed by atoms with van der Waals surface area (Å²) >= 11 is 6.46. The quantitative estimate of drug-likeness (QED) is 0.177. The number of hydrogen-bond acceptors (Lipinski definition) is 8. The molecule has 0 bridgehead atoms. The molecule has 3 aromatic carbocycles. The monoisotopic (exact) mass is 519 g/mol. The molecule has 11 heteroatoms. The Kier molecular flexibility index (Phi) is 7.29. The second-order valence-corrected chi connectivity index (χ2v) is 8.42. The van der Waals surface area contributed by atoms with E-state index in [-0.39, 0.29) is 12.4 Å². The molecule has 9 nitrogen and oxygen atoms in total. The van der Waals surface area contributed by atoms with Crippen LogP contribution in [-0.4, -0.2) is 27.0 Å². The summed E-state index contributed by atoms with van der Waals surface area (Å²) in [5.74, 6) is 2.08. The zero-order valence-corrected chi connectivity index (χ0v) is 20.5. The first-order chi connectivity index (χ1) is 18.1. The first kappa shape index (κ1) is 24.3. The molecular formula is C26H23ClFN7O2. The van der Waals surface area contributed by atoms with Gasteiger partial charge in [0.25, 0.3) is 0 Å². The van der Waals surface area contributed by atoms with E-state index in [1.807, 2.05) is 18.2 Å². The van der Waals surface area contributed by atoms with E-state index in [0.717, 1.165) is 22.2 Å². The lowest BCUT2D eigenvalue weighted by Gasteiger charge is -2.14. The standard InChI is InChI=1S/C26H23ClFN7O2/c1-36-24-12-22-20(10-17(24)13-33-35-26-29-7-8-30-26)25(32-15-31-22)34-19-5-6-23(21(27)11-19)37-14-16-3-2-4-18(28)9-16/h2-12,15,33H,13-14H2,1H3,(H2,29,30,35)(H,31,32,34). The first-order valence-electron chi connectivity index (χ1n) is 11.3. The van der Waals surface area contributed by atoms with Gasteiger partial charge in [0.15, 0.2) is 0 Å². The number of hydrogen-bond donors (Lipinski definition) is 4. The highest BCUT2D eigenvalue weighted by atomic mass is 35.5. The number of H-pyrrole nitrogens is 1. The van der Waals surface area contributed by atoms with Crippen LogP contribution in [0.3, 0.4) is 0 Å². The van der Waals surface area contributed by atoms with E-state index >= 15 is 0 Å². The summed E-state index contributed by atoms with van der Waals surface area (Å²) in [4.78, 5) is 15.9. The van der Waals surface area contributed by atoms with Crippen LogP contribution in [0.15, 0.2) is 73.3 Å². The van der Waals surface area contributed by atoms with Crippen molar-refractivity contribution in [3.05, 3.63) is 95.3 Å². The van der Waals surface area contributed by atoms with E-state index in [9.17, 15) is 4.39 Å². The van der Waals surface area contributed by atoms with Gasteiger partial charge in [-0.15, -0.1) is 0 Å². The summed E-state index contributed by atoms with van der Waals surface area (Å²) in [5.41, 5.74) is 9.16. The molecule has 0 saturated carbocycles. The molecule has 0 aliphatic rings. The highest BCUT2D eigenvalue weighted by Gasteiger charge is 2.12. The molecule has 0 spiro atoms. The van der Waals surface area contributed by atoms with Crippen molar-refractivity contribution < 1.29 is 13.9 Å². The Balaban J connectivity index is 1.33. The number of benzene rings is 3. The van der Waals surface area contributed by atoms with Gasteiger partial charge in [-0.05, 0) is 42.0 Å². The molecule has 2 aromatic heterocycles. The molecule has 5 rings (SSSR count). The molecule has 0 fully saturated rings. The number of ether oxygens (including phenoxy) is 2. The predicted octanol–water partition coefficient (Wildman–Crippen LogP) is 5.59. The second kappa shape index (κ2) is 11.1. The number of aromatic nitrogens is 4. The summed E-state index contributed by atoms with van der Waals surface area (Å²) in [5, 5.41) is 4.53. The van der Waals surface area contributed by atoms with E-state index in [2.05, 4.69) is 36.1 Å². The Morgan fingerprint density at radius 2 is 1.95 bits per heavy atom. The van der Waals surface area contributed by atoms with Crippen molar-refractivity contribution in [3.8, 4) is 11.5 Å². The Morgan fingerprint density at radius 3 is 2.73 bits per heavy atom. The molecule has 0 saturated heterocycles. The zero-order valence-electron chi connectivity index (χ0n) is 19.8. The maximum absolute atomic E-state index is 13.4. The fourth-order valence-electron chi connectivity index (χ4n) is 3.73. The van der Waals surface area contributed by atoms with Crippen molar-refractivity contribution in [3.63, 3.8) is 0 Å². The molecule has 2 heterocycles. The third kappa shape index (κ3) is 5.88. The number of nitrogens with zero attached hydrogens (tertiary/aromatic N) is 3. The lowest BCUT2D eigenvalue weighted by molar-refractivity contribution is 0.306. The van der Waals surface area contributed by atoms with Crippen molar-refractivity contribution in [2.24, 2.45) is 0 Å². The molecule has 188 valence electrons. The van der Waals surface area contributed by atoms with Gasteiger partial charge in [-0.25, -0.2) is 24.8 Å². The van der Waals surface area contributed by atoms with Crippen LogP contribution in [0.25, 0.3) is 10.9 Å². The minimum absolute atomic E-state index is 0.203. The zero-order chi connectivity index (χ0) is 25.6. The van der Waals surface area contributed by atoms with Crippen molar-refractivity contribution in [1.29, 1.82) is 0 Å². The van der Waals surface area contributed by atoms with Crippen molar-refractivity contribution in [1.82, 2.24) is 25.4 Å². The van der Waals surface area contributed by atoms with E-state index < -0.39 is 0 Å². The fourth-order valence-corrected chi connectivity index (χ4v) is 3.97. The van der Waals surface area contributed by atoms with Gasteiger partial charge < -0.3 is 19.8 Å². The average Bonchev–Trinajstić information content (AvgIpc) is 3.42. The second-order valence-electron chi connectivity index (χ2n) is 8.01. The van der Waals surface area contributed by atoms with Crippen LogP contribution in [0, 0.1) is 5.82 Å². The lowest BCUT2D eigenvalue weighted by atomic mass is 10.1. The number of nitrogens with one attached hydrogen (secondary N) is 4. The van der Waals surface area contributed by atoms with Gasteiger partial charge in [-0.2, -0.15) is 0 Å². The molecule has 5 aromatic rings. The van der Waals surface area contributed by atoms with Crippen molar-refractivity contribution in [2.45, 2.75) is 13.2 Å². The maximum Gasteiger partial charge on any atom is 0.214 e. The van der Waals surface area contributed by atoms with Gasteiger partial charge in [0.1, 0.15) is 36.1 Å². The molecule has 0 amide bonds. The predicted molar refractivity (Wildman–Crippen MR) is 141 cm³/mol. The molecule has 0 atom stereocenters. The largest absolute Gasteiger partial charge is 0.496 e. The molecule has 0 aliphatic heterocycles.